The first-order chi connectivity index (χ1) is 10.1. The normalized spacial score (nSPS) is 9.67. The second-order valence-electron chi connectivity index (χ2n) is 4.52. The first kappa shape index (κ1) is 15.1. The molecule has 2 aromatic carbocycles. The molecule has 4 heteroatoms. The zero-order valence-electron chi connectivity index (χ0n) is 11.6. The van der Waals surface area contributed by atoms with Crippen LogP contribution in [0.4, 0.5) is 5.69 Å². The number of halogens is 1. The Kier molecular flexibility index (Phi) is 4.99. The Morgan fingerprint density at radius 1 is 1.29 bits per heavy atom. The molecule has 0 aliphatic heterocycles. The van der Waals surface area contributed by atoms with E-state index in [1.807, 2.05) is 25.1 Å². The lowest BCUT2D eigenvalue weighted by Gasteiger charge is -2.08. The number of anilines is 1. The SMILES string of the molecule is Cc1ccc(Cl)c(NC(=O)c2cccc(C#CCN)c2)c1. The first-order valence-electron chi connectivity index (χ1n) is 6.46. The van der Waals surface area contributed by atoms with Gasteiger partial charge in [-0.2, -0.15) is 0 Å². The van der Waals surface area contributed by atoms with Crippen LogP contribution in [0.1, 0.15) is 21.5 Å². The van der Waals surface area contributed by atoms with Crippen LogP contribution in [-0.2, 0) is 0 Å². The third kappa shape index (κ3) is 4.09. The number of amides is 1. The van der Waals surface area contributed by atoms with Crippen molar-refractivity contribution in [1.82, 2.24) is 0 Å². The number of carbonyl (C=O) groups excluding carboxylic acids is 1. The highest BCUT2D eigenvalue weighted by Gasteiger charge is 2.09. The summed E-state index contributed by atoms with van der Waals surface area (Å²) in [5.41, 5.74) is 8.24. The van der Waals surface area contributed by atoms with Gasteiger partial charge in [0, 0.05) is 11.1 Å². The number of aryl methyl sites for hydroxylation is 1. The van der Waals surface area contributed by atoms with Gasteiger partial charge in [-0.15, -0.1) is 0 Å². The lowest BCUT2D eigenvalue weighted by Crippen LogP contribution is -2.12. The van der Waals surface area contributed by atoms with E-state index in [0.29, 0.717) is 16.3 Å². The van der Waals surface area contributed by atoms with Gasteiger partial charge in [0.2, 0.25) is 0 Å². The van der Waals surface area contributed by atoms with Crippen LogP contribution in [0, 0.1) is 18.8 Å². The van der Waals surface area contributed by atoms with Gasteiger partial charge in [0.25, 0.3) is 5.91 Å². The third-order valence-corrected chi connectivity index (χ3v) is 3.16. The molecule has 0 heterocycles. The zero-order valence-corrected chi connectivity index (χ0v) is 12.4. The average molecular weight is 299 g/mol. The van der Waals surface area contributed by atoms with Gasteiger partial charge in [-0.3, -0.25) is 4.79 Å². The Balaban J connectivity index is 2.22. The molecule has 0 saturated heterocycles. The van der Waals surface area contributed by atoms with Crippen LogP contribution in [-0.4, -0.2) is 12.5 Å². The zero-order chi connectivity index (χ0) is 15.2. The minimum atomic E-state index is -0.223. The van der Waals surface area contributed by atoms with Crippen molar-refractivity contribution in [3.05, 3.63) is 64.2 Å². The van der Waals surface area contributed by atoms with Crippen molar-refractivity contribution < 1.29 is 4.79 Å². The summed E-state index contributed by atoms with van der Waals surface area (Å²) in [7, 11) is 0. The molecule has 0 aromatic heterocycles. The molecule has 3 N–H and O–H groups in total. The summed E-state index contributed by atoms with van der Waals surface area (Å²) in [5, 5.41) is 3.31. The van der Waals surface area contributed by atoms with E-state index < -0.39 is 0 Å². The first-order valence-corrected chi connectivity index (χ1v) is 6.84. The van der Waals surface area contributed by atoms with E-state index in [1.165, 1.54) is 0 Å². The number of rotatable bonds is 2. The number of hydrogen-bond acceptors (Lipinski definition) is 2. The maximum absolute atomic E-state index is 12.3. The van der Waals surface area contributed by atoms with Crippen molar-refractivity contribution >= 4 is 23.2 Å². The van der Waals surface area contributed by atoms with E-state index in [1.54, 1.807) is 24.3 Å². The molecule has 0 spiro atoms. The molecule has 0 fully saturated rings. The molecule has 21 heavy (non-hydrogen) atoms. The highest BCUT2D eigenvalue weighted by atomic mass is 35.5. The molecule has 1 amide bonds. The molecular formula is C17H15ClN2O. The smallest absolute Gasteiger partial charge is 0.255 e. The second-order valence-corrected chi connectivity index (χ2v) is 4.93. The van der Waals surface area contributed by atoms with E-state index in [9.17, 15) is 4.79 Å². The Labute approximate surface area is 129 Å². The highest BCUT2D eigenvalue weighted by molar-refractivity contribution is 6.34. The lowest BCUT2D eigenvalue weighted by atomic mass is 10.1. The van der Waals surface area contributed by atoms with Crippen LogP contribution < -0.4 is 11.1 Å². The summed E-state index contributed by atoms with van der Waals surface area (Å²) in [6, 6.07) is 12.6. The van der Waals surface area contributed by atoms with Crippen LogP contribution in [0.15, 0.2) is 42.5 Å². The van der Waals surface area contributed by atoms with Crippen LogP contribution in [0.5, 0.6) is 0 Å². The second kappa shape index (κ2) is 6.94. The molecule has 0 atom stereocenters. The molecule has 0 saturated carbocycles. The number of nitrogens with one attached hydrogen (secondary N) is 1. The van der Waals surface area contributed by atoms with Gasteiger partial charge in [0.1, 0.15) is 0 Å². The number of nitrogens with two attached hydrogens (primary N) is 1. The molecule has 3 nitrogen and oxygen atoms in total. The van der Waals surface area contributed by atoms with Gasteiger partial charge < -0.3 is 11.1 Å². The number of benzene rings is 2. The minimum Gasteiger partial charge on any atom is -0.321 e. The Morgan fingerprint density at radius 3 is 2.86 bits per heavy atom. The Hall–Kier alpha value is -2.28. The van der Waals surface area contributed by atoms with E-state index in [2.05, 4.69) is 17.2 Å². The lowest BCUT2D eigenvalue weighted by molar-refractivity contribution is 0.102. The van der Waals surface area contributed by atoms with Gasteiger partial charge in [0.05, 0.1) is 17.3 Å². The summed E-state index contributed by atoms with van der Waals surface area (Å²) in [5.74, 6) is 5.44. The Morgan fingerprint density at radius 2 is 2.10 bits per heavy atom. The van der Waals surface area contributed by atoms with Crippen LogP contribution in [0.2, 0.25) is 5.02 Å². The fraction of sp³-hybridized carbons (Fsp3) is 0.118. The van der Waals surface area contributed by atoms with Crippen molar-refractivity contribution in [1.29, 1.82) is 0 Å². The topological polar surface area (TPSA) is 55.1 Å². The van der Waals surface area contributed by atoms with Gasteiger partial charge in [-0.05, 0) is 42.8 Å². The molecule has 0 radical (unpaired) electrons. The summed E-state index contributed by atoms with van der Waals surface area (Å²) in [6.07, 6.45) is 0. The van der Waals surface area contributed by atoms with Crippen molar-refractivity contribution in [2.24, 2.45) is 5.73 Å². The predicted molar refractivity (Wildman–Crippen MR) is 86.5 cm³/mol. The summed E-state index contributed by atoms with van der Waals surface area (Å²) in [6.45, 7) is 2.23. The fourth-order valence-electron chi connectivity index (χ4n) is 1.82. The molecule has 106 valence electrons. The summed E-state index contributed by atoms with van der Waals surface area (Å²) in [4.78, 5) is 12.3. The van der Waals surface area contributed by atoms with Crippen molar-refractivity contribution in [3.8, 4) is 11.8 Å². The average Bonchev–Trinajstić information content (AvgIpc) is 2.49. The van der Waals surface area contributed by atoms with Gasteiger partial charge in [-0.25, -0.2) is 0 Å². The van der Waals surface area contributed by atoms with Crippen molar-refractivity contribution in [2.45, 2.75) is 6.92 Å². The molecule has 0 aliphatic carbocycles. The maximum atomic E-state index is 12.3. The molecule has 0 unspecified atom stereocenters. The van der Waals surface area contributed by atoms with Crippen molar-refractivity contribution in [3.63, 3.8) is 0 Å². The maximum Gasteiger partial charge on any atom is 0.255 e. The quantitative estimate of drug-likeness (QED) is 0.837. The van der Waals surface area contributed by atoms with Crippen LogP contribution in [0.25, 0.3) is 0 Å². The molecule has 2 aromatic rings. The monoisotopic (exact) mass is 298 g/mol. The molecule has 0 aliphatic rings. The standard InChI is InChI=1S/C17H15ClN2O/c1-12-7-8-15(18)16(10-12)20-17(21)14-6-2-4-13(11-14)5-3-9-19/h2,4,6-8,10-11H,9,19H2,1H3,(H,20,21). The fourth-order valence-corrected chi connectivity index (χ4v) is 1.99. The van der Waals surface area contributed by atoms with Gasteiger partial charge >= 0.3 is 0 Å². The van der Waals surface area contributed by atoms with Gasteiger partial charge in [-0.1, -0.05) is 35.6 Å². The van der Waals surface area contributed by atoms with E-state index in [-0.39, 0.29) is 12.5 Å². The minimum absolute atomic E-state index is 0.223. The molecular weight excluding hydrogens is 284 g/mol. The summed E-state index contributed by atoms with van der Waals surface area (Å²) < 4.78 is 0. The largest absolute Gasteiger partial charge is 0.321 e. The molecule has 2 rings (SSSR count). The number of carbonyl (C=O) groups is 1. The van der Waals surface area contributed by atoms with E-state index >= 15 is 0 Å². The van der Waals surface area contributed by atoms with Gasteiger partial charge in [0.15, 0.2) is 0 Å². The summed E-state index contributed by atoms with van der Waals surface area (Å²) >= 11 is 6.08. The van der Waals surface area contributed by atoms with E-state index in [0.717, 1.165) is 11.1 Å². The molecule has 0 bridgehead atoms. The van der Waals surface area contributed by atoms with Crippen LogP contribution >= 0.6 is 11.6 Å². The predicted octanol–water partition coefficient (Wildman–Crippen LogP) is 3.21. The van der Waals surface area contributed by atoms with E-state index in [4.69, 9.17) is 17.3 Å². The third-order valence-electron chi connectivity index (χ3n) is 2.83. The van der Waals surface area contributed by atoms with Crippen molar-refractivity contribution in [2.75, 3.05) is 11.9 Å². The van der Waals surface area contributed by atoms with Crippen LogP contribution in [0.3, 0.4) is 0 Å². The number of hydrogen-bond donors (Lipinski definition) is 2. The highest BCUT2D eigenvalue weighted by Crippen LogP contribution is 2.23. The Bertz CT molecular complexity index is 729.